The normalized spacial score (nSPS) is 19.8. The van der Waals surface area contributed by atoms with Crippen LogP contribution in [0.15, 0.2) is 30.5 Å². The lowest BCUT2D eigenvalue weighted by Gasteiger charge is -2.33. The molecule has 0 bridgehead atoms. The zero-order chi connectivity index (χ0) is 14.8. The van der Waals surface area contributed by atoms with Gasteiger partial charge in [0.05, 0.1) is 5.52 Å². The summed E-state index contributed by atoms with van der Waals surface area (Å²) in [7, 11) is 0. The molecule has 0 radical (unpaired) electrons. The Hall–Kier alpha value is -1.69. The number of pyridine rings is 1. The molecular weight excluding hydrogens is 290 g/mol. The van der Waals surface area contributed by atoms with Crippen molar-refractivity contribution >= 4 is 28.5 Å². The molecule has 1 aliphatic heterocycles. The highest BCUT2D eigenvalue weighted by Crippen LogP contribution is 2.26. The monoisotopic (exact) mass is 305 g/mol. The summed E-state index contributed by atoms with van der Waals surface area (Å²) in [6.07, 6.45) is 1.73. The number of rotatable bonds is 3. The van der Waals surface area contributed by atoms with E-state index in [1.165, 1.54) is 0 Å². The number of aromatic nitrogens is 1. The van der Waals surface area contributed by atoms with Gasteiger partial charge >= 0.3 is 5.97 Å². The van der Waals surface area contributed by atoms with Gasteiger partial charge in [-0.15, -0.1) is 0 Å². The fourth-order valence-electron chi connectivity index (χ4n) is 2.72. The summed E-state index contributed by atoms with van der Waals surface area (Å²) in [5.74, 6) is -0.798. The zero-order valence-electron chi connectivity index (χ0n) is 11.4. The van der Waals surface area contributed by atoms with Crippen LogP contribution in [0.2, 0.25) is 5.02 Å². The van der Waals surface area contributed by atoms with Crippen LogP contribution in [-0.4, -0.2) is 46.6 Å². The topological polar surface area (TPSA) is 65.5 Å². The third-order valence-electron chi connectivity index (χ3n) is 3.81. The van der Waals surface area contributed by atoms with Gasteiger partial charge in [-0.05, 0) is 23.8 Å². The Balaban J connectivity index is 1.94. The Morgan fingerprint density at radius 1 is 1.48 bits per heavy atom. The van der Waals surface area contributed by atoms with E-state index in [1.54, 1.807) is 6.20 Å². The van der Waals surface area contributed by atoms with Gasteiger partial charge in [0.1, 0.15) is 6.04 Å². The molecule has 6 heteroatoms. The van der Waals surface area contributed by atoms with E-state index in [4.69, 9.17) is 11.6 Å². The number of halogens is 1. The quantitative estimate of drug-likeness (QED) is 0.904. The Morgan fingerprint density at radius 2 is 2.33 bits per heavy atom. The number of piperazine rings is 1. The van der Waals surface area contributed by atoms with Gasteiger partial charge in [0.15, 0.2) is 0 Å². The molecule has 0 aliphatic carbocycles. The van der Waals surface area contributed by atoms with Gasteiger partial charge < -0.3 is 10.4 Å². The van der Waals surface area contributed by atoms with Crippen LogP contribution in [-0.2, 0) is 11.3 Å². The van der Waals surface area contributed by atoms with Crippen molar-refractivity contribution in [2.24, 2.45) is 0 Å². The maximum Gasteiger partial charge on any atom is 0.322 e. The number of carbonyl (C=O) groups is 1. The standard InChI is InChI=1S/C15H16ClN3O2/c16-12-4-3-10(14-11(12)2-1-5-18-14)9-19-7-6-17-8-13(19)15(20)21/h1-5,13,17H,6-9H2,(H,20,21). The van der Waals surface area contributed by atoms with Crippen molar-refractivity contribution in [3.05, 3.63) is 41.0 Å². The number of hydrogen-bond acceptors (Lipinski definition) is 4. The van der Waals surface area contributed by atoms with Crippen LogP contribution in [0.1, 0.15) is 5.56 Å². The van der Waals surface area contributed by atoms with E-state index in [0.29, 0.717) is 24.7 Å². The van der Waals surface area contributed by atoms with Crippen LogP contribution in [0.4, 0.5) is 0 Å². The second-order valence-electron chi connectivity index (χ2n) is 5.13. The van der Waals surface area contributed by atoms with Gasteiger partial charge in [0.2, 0.25) is 0 Å². The molecule has 2 N–H and O–H groups in total. The Labute approximate surface area is 127 Å². The number of carboxylic acid groups (broad SMARTS) is 1. The highest BCUT2D eigenvalue weighted by Gasteiger charge is 2.28. The predicted molar refractivity (Wildman–Crippen MR) is 81.5 cm³/mol. The van der Waals surface area contributed by atoms with E-state index >= 15 is 0 Å². The molecule has 1 atom stereocenters. The third kappa shape index (κ3) is 2.85. The molecule has 0 amide bonds. The second kappa shape index (κ2) is 5.97. The summed E-state index contributed by atoms with van der Waals surface area (Å²) in [5, 5.41) is 14.0. The highest BCUT2D eigenvalue weighted by atomic mass is 35.5. The van der Waals surface area contributed by atoms with Crippen molar-refractivity contribution in [3.8, 4) is 0 Å². The molecule has 2 heterocycles. The number of hydrogen-bond donors (Lipinski definition) is 2. The van der Waals surface area contributed by atoms with E-state index in [9.17, 15) is 9.90 Å². The van der Waals surface area contributed by atoms with Crippen LogP contribution in [0.3, 0.4) is 0 Å². The number of nitrogens with one attached hydrogen (secondary N) is 1. The van der Waals surface area contributed by atoms with Crippen LogP contribution in [0.25, 0.3) is 10.9 Å². The molecule has 21 heavy (non-hydrogen) atoms. The largest absolute Gasteiger partial charge is 0.480 e. The SMILES string of the molecule is O=C(O)C1CNCCN1Cc1ccc(Cl)c2cccnc12. The van der Waals surface area contributed by atoms with Gasteiger partial charge in [0, 0.05) is 42.8 Å². The van der Waals surface area contributed by atoms with Gasteiger partial charge in [-0.3, -0.25) is 14.7 Å². The van der Waals surface area contributed by atoms with Crippen LogP contribution >= 0.6 is 11.6 Å². The van der Waals surface area contributed by atoms with Crippen molar-refractivity contribution < 1.29 is 9.90 Å². The van der Waals surface area contributed by atoms with Crippen molar-refractivity contribution in [2.75, 3.05) is 19.6 Å². The summed E-state index contributed by atoms with van der Waals surface area (Å²) in [4.78, 5) is 17.7. The lowest BCUT2D eigenvalue weighted by atomic mass is 10.1. The van der Waals surface area contributed by atoms with E-state index in [1.807, 2.05) is 29.2 Å². The number of fused-ring (bicyclic) bond motifs is 1. The van der Waals surface area contributed by atoms with Crippen molar-refractivity contribution in [3.63, 3.8) is 0 Å². The van der Waals surface area contributed by atoms with Crippen molar-refractivity contribution in [1.29, 1.82) is 0 Å². The van der Waals surface area contributed by atoms with E-state index in [-0.39, 0.29) is 0 Å². The van der Waals surface area contributed by atoms with Gasteiger partial charge in [0.25, 0.3) is 0 Å². The first kappa shape index (κ1) is 14.3. The van der Waals surface area contributed by atoms with Gasteiger partial charge in [-0.25, -0.2) is 0 Å². The minimum atomic E-state index is -0.798. The molecule has 0 saturated carbocycles. The van der Waals surface area contributed by atoms with Gasteiger partial charge in [-0.2, -0.15) is 0 Å². The highest BCUT2D eigenvalue weighted by molar-refractivity contribution is 6.35. The Bertz CT molecular complexity index is 677. The fraction of sp³-hybridized carbons (Fsp3) is 0.333. The molecule has 1 aromatic carbocycles. The first-order valence-electron chi connectivity index (χ1n) is 6.86. The summed E-state index contributed by atoms with van der Waals surface area (Å²) in [6, 6.07) is 7.05. The first-order valence-corrected chi connectivity index (χ1v) is 7.24. The summed E-state index contributed by atoms with van der Waals surface area (Å²) in [5.41, 5.74) is 1.84. The molecule has 5 nitrogen and oxygen atoms in total. The first-order chi connectivity index (χ1) is 10.2. The number of benzene rings is 1. The summed E-state index contributed by atoms with van der Waals surface area (Å²) < 4.78 is 0. The number of carboxylic acids is 1. The lowest BCUT2D eigenvalue weighted by molar-refractivity contribution is -0.144. The molecular formula is C15H16ClN3O2. The van der Waals surface area contributed by atoms with Crippen LogP contribution in [0.5, 0.6) is 0 Å². The number of nitrogens with zero attached hydrogens (tertiary/aromatic N) is 2. The third-order valence-corrected chi connectivity index (χ3v) is 4.14. The van der Waals surface area contributed by atoms with Crippen LogP contribution in [0, 0.1) is 0 Å². The lowest BCUT2D eigenvalue weighted by Crippen LogP contribution is -2.54. The molecule has 1 aliphatic rings. The maximum absolute atomic E-state index is 11.4. The predicted octanol–water partition coefficient (Wildman–Crippen LogP) is 1.75. The molecule has 1 fully saturated rings. The summed E-state index contributed by atoms with van der Waals surface area (Å²) >= 11 is 6.19. The maximum atomic E-state index is 11.4. The molecule has 1 unspecified atom stereocenters. The minimum absolute atomic E-state index is 0.467. The fourth-order valence-corrected chi connectivity index (χ4v) is 2.94. The average molecular weight is 306 g/mol. The van der Waals surface area contributed by atoms with Gasteiger partial charge in [-0.1, -0.05) is 17.7 Å². The zero-order valence-corrected chi connectivity index (χ0v) is 12.2. The van der Waals surface area contributed by atoms with Crippen molar-refractivity contribution in [1.82, 2.24) is 15.2 Å². The summed E-state index contributed by atoms with van der Waals surface area (Å²) in [6.45, 7) is 2.52. The molecule has 0 spiro atoms. The molecule has 1 saturated heterocycles. The minimum Gasteiger partial charge on any atom is -0.480 e. The average Bonchev–Trinajstić information content (AvgIpc) is 2.51. The van der Waals surface area contributed by atoms with E-state index < -0.39 is 12.0 Å². The van der Waals surface area contributed by atoms with E-state index in [2.05, 4.69) is 10.3 Å². The molecule has 1 aromatic heterocycles. The van der Waals surface area contributed by atoms with E-state index in [0.717, 1.165) is 23.0 Å². The molecule has 3 rings (SSSR count). The molecule has 110 valence electrons. The Morgan fingerprint density at radius 3 is 3.14 bits per heavy atom. The Kier molecular flexibility index (Phi) is 4.05. The molecule has 2 aromatic rings. The smallest absolute Gasteiger partial charge is 0.322 e. The van der Waals surface area contributed by atoms with Crippen molar-refractivity contribution in [2.45, 2.75) is 12.6 Å². The number of aliphatic carboxylic acids is 1. The van der Waals surface area contributed by atoms with Crippen LogP contribution < -0.4 is 5.32 Å². The second-order valence-corrected chi connectivity index (χ2v) is 5.54.